The second-order valence-corrected chi connectivity index (χ2v) is 4.02. The number of hydrogen-bond acceptors (Lipinski definition) is 6. The number of rotatable bonds is 3. The van der Waals surface area contributed by atoms with Crippen molar-refractivity contribution in [1.82, 2.24) is 14.9 Å². The van der Waals surface area contributed by atoms with Gasteiger partial charge in [-0.25, -0.2) is 14.8 Å². The van der Waals surface area contributed by atoms with Crippen molar-refractivity contribution in [3.05, 3.63) is 18.1 Å². The van der Waals surface area contributed by atoms with E-state index in [9.17, 15) is 9.59 Å². The fraction of sp³-hybridized carbons (Fsp3) is 0.455. The average molecular weight is 250 g/mol. The molecule has 7 heteroatoms. The molecule has 0 saturated carbocycles. The van der Waals surface area contributed by atoms with Crippen LogP contribution < -0.4 is 5.32 Å². The summed E-state index contributed by atoms with van der Waals surface area (Å²) in [5.74, 6) is -0.0316. The summed E-state index contributed by atoms with van der Waals surface area (Å²) >= 11 is 0. The lowest BCUT2D eigenvalue weighted by atomic mass is 10.2. The van der Waals surface area contributed by atoms with E-state index >= 15 is 0 Å². The number of methoxy groups -OCH3 is 1. The first-order chi connectivity index (χ1) is 8.61. The Labute approximate surface area is 104 Å². The van der Waals surface area contributed by atoms with Crippen LogP contribution in [0.1, 0.15) is 16.9 Å². The Kier molecular flexibility index (Phi) is 3.40. The fourth-order valence-corrected chi connectivity index (χ4v) is 1.75. The van der Waals surface area contributed by atoms with Gasteiger partial charge >= 0.3 is 5.97 Å². The number of esters is 1. The van der Waals surface area contributed by atoms with Crippen LogP contribution in [0.4, 0.5) is 5.82 Å². The molecule has 7 nitrogen and oxygen atoms in total. The van der Waals surface area contributed by atoms with Crippen LogP contribution in [0.15, 0.2) is 12.4 Å². The van der Waals surface area contributed by atoms with Gasteiger partial charge in [0, 0.05) is 13.6 Å². The third kappa shape index (κ3) is 2.39. The smallest absolute Gasteiger partial charge is 0.358 e. The van der Waals surface area contributed by atoms with Crippen molar-refractivity contribution in [2.75, 3.05) is 26.0 Å². The van der Waals surface area contributed by atoms with E-state index in [1.165, 1.54) is 19.5 Å². The Morgan fingerprint density at radius 2 is 2.28 bits per heavy atom. The van der Waals surface area contributed by atoms with Crippen molar-refractivity contribution >= 4 is 17.7 Å². The summed E-state index contributed by atoms with van der Waals surface area (Å²) in [5, 5.41) is 2.99. The van der Waals surface area contributed by atoms with Gasteiger partial charge in [-0.15, -0.1) is 0 Å². The Hall–Kier alpha value is -2.18. The van der Waals surface area contributed by atoms with Crippen LogP contribution >= 0.6 is 0 Å². The second-order valence-electron chi connectivity index (χ2n) is 4.02. The number of nitrogens with one attached hydrogen (secondary N) is 1. The molecule has 0 aliphatic carbocycles. The van der Waals surface area contributed by atoms with E-state index < -0.39 is 5.97 Å². The first kappa shape index (κ1) is 12.3. The zero-order chi connectivity index (χ0) is 13.1. The van der Waals surface area contributed by atoms with E-state index in [2.05, 4.69) is 20.0 Å². The lowest BCUT2D eigenvalue weighted by Gasteiger charge is -2.12. The molecular weight excluding hydrogens is 236 g/mol. The Bertz CT molecular complexity index is 460. The van der Waals surface area contributed by atoms with Crippen LogP contribution in [-0.4, -0.2) is 53.5 Å². The topological polar surface area (TPSA) is 84.4 Å². The number of likely N-dealkylation sites (tertiary alicyclic amines) is 1. The molecule has 2 heterocycles. The van der Waals surface area contributed by atoms with E-state index in [0.717, 1.165) is 13.0 Å². The van der Waals surface area contributed by atoms with E-state index in [-0.39, 0.29) is 17.6 Å². The summed E-state index contributed by atoms with van der Waals surface area (Å²) in [6, 6.07) is -0.270. The molecule has 0 spiro atoms. The molecular formula is C11H14N4O3. The first-order valence-corrected chi connectivity index (χ1v) is 5.53. The Morgan fingerprint density at radius 3 is 2.78 bits per heavy atom. The molecule has 1 amide bonds. The molecule has 1 aromatic heterocycles. The summed E-state index contributed by atoms with van der Waals surface area (Å²) < 4.78 is 4.52. The third-order valence-electron chi connectivity index (χ3n) is 2.80. The molecule has 1 fully saturated rings. The lowest BCUT2D eigenvalue weighted by molar-refractivity contribution is -0.127. The summed E-state index contributed by atoms with van der Waals surface area (Å²) in [4.78, 5) is 32.4. The van der Waals surface area contributed by atoms with Gasteiger partial charge in [0.2, 0.25) is 5.91 Å². The summed E-state index contributed by atoms with van der Waals surface area (Å²) in [5.41, 5.74) is 0.137. The molecule has 96 valence electrons. The SMILES string of the molecule is COC(=O)c1cnc(NC2CCN(C)C2=O)cn1. The molecule has 2 rings (SSSR count). The van der Waals surface area contributed by atoms with Gasteiger partial charge in [-0.1, -0.05) is 0 Å². The van der Waals surface area contributed by atoms with E-state index in [0.29, 0.717) is 5.82 Å². The van der Waals surface area contributed by atoms with Crippen molar-refractivity contribution in [1.29, 1.82) is 0 Å². The van der Waals surface area contributed by atoms with Crippen molar-refractivity contribution in [3.63, 3.8) is 0 Å². The van der Waals surface area contributed by atoms with E-state index in [4.69, 9.17) is 0 Å². The van der Waals surface area contributed by atoms with Gasteiger partial charge < -0.3 is 15.0 Å². The van der Waals surface area contributed by atoms with Crippen LogP contribution in [0, 0.1) is 0 Å². The number of carbonyl (C=O) groups is 2. The molecule has 18 heavy (non-hydrogen) atoms. The number of amides is 1. The van der Waals surface area contributed by atoms with Gasteiger partial charge in [-0.3, -0.25) is 4.79 Å². The van der Waals surface area contributed by atoms with Crippen LogP contribution in [0.25, 0.3) is 0 Å². The van der Waals surface area contributed by atoms with Crippen LogP contribution in [-0.2, 0) is 9.53 Å². The molecule has 0 aromatic carbocycles. The highest BCUT2D eigenvalue weighted by molar-refractivity contribution is 5.87. The number of likely N-dealkylation sites (N-methyl/N-ethyl adjacent to an activating group) is 1. The highest BCUT2D eigenvalue weighted by Crippen LogP contribution is 2.13. The number of aromatic nitrogens is 2. The predicted octanol–water partition coefficient (Wildman–Crippen LogP) is -0.0942. The van der Waals surface area contributed by atoms with Gasteiger partial charge in [0.25, 0.3) is 0 Å². The van der Waals surface area contributed by atoms with Crippen LogP contribution in [0.2, 0.25) is 0 Å². The predicted molar refractivity (Wildman–Crippen MR) is 63.0 cm³/mol. The summed E-state index contributed by atoms with van der Waals surface area (Å²) in [6.45, 7) is 0.726. The van der Waals surface area contributed by atoms with Crippen molar-refractivity contribution in [3.8, 4) is 0 Å². The van der Waals surface area contributed by atoms with Crippen molar-refractivity contribution < 1.29 is 14.3 Å². The normalized spacial score (nSPS) is 18.9. The molecule has 1 aromatic rings. The molecule has 1 aliphatic rings. The largest absolute Gasteiger partial charge is 0.464 e. The number of nitrogens with zero attached hydrogens (tertiary/aromatic N) is 3. The highest BCUT2D eigenvalue weighted by atomic mass is 16.5. The second kappa shape index (κ2) is 4.99. The lowest BCUT2D eigenvalue weighted by Crippen LogP contribution is -2.31. The number of anilines is 1. The summed E-state index contributed by atoms with van der Waals surface area (Å²) in [7, 11) is 3.04. The van der Waals surface area contributed by atoms with Crippen molar-refractivity contribution in [2.24, 2.45) is 0 Å². The monoisotopic (exact) mass is 250 g/mol. The first-order valence-electron chi connectivity index (χ1n) is 5.53. The minimum Gasteiger partial charge on any atom is -0.464 e. The van der Waals surface area contributed by atoms with E-state index in [1.807, 2.05) is 0 Å². The molecule has 1 N–H and O–H groups in total. The van der Waals surface area contributed by atoms with Crippen LogP contribution in [0.5, 0.6) is 0 Å². The average Bonchev–Trinajstić information content (AvgIpc) is 2.71. The minimum absolute atomic E-state index is 0.0360. The van der Waals surface area contributed by atoms with Gasteiger partial charge in [0.15, 0.2) is 5.69 Å². The molecule has 1 saturated heterocycles. The Balaban J connectivity index is 2.03. The van der Waals surface area contributed by atoms with Crippen molar-refractivity contribution in [2.45, 2.75) is 12.5 Å². The number of ether oxygens (including phenoxy) is 1. The molecule has 0 bridgehead atoms. The number of carbonyl (C=O) groups excluding carboxylic acids is 2. The zero-order valence-electron chi connectivity index (χ0n) is 10.2. The zero-order valence-corrected chi connectivity index (χ0v) is 10.2. The summed E-state index contributed by atoms with van der Waals surface area (Å²) in [6.07, 6.45) is 3.46. The molecule has 1 unspecified atom stereocenters. The third-order valence-corrected chi connectivity index (χ3v) is 2.80. The van der Waals surface area contributed by atoms with Gasteiger partial charge in [0.1, 0.15) is 11.9 Å². The Morgan fingerprint density at radius 1 is 1.50 bits per heavy atom. The highest BCUT2D eigenvalue weighted by Gasteiger charge is 2.29. The van der Waals surface area contributed by atoms with Crippen LogP contribution in [0.3, 0.4) is 0 Å². The minimum atomic E-state index is -0.536. The standard InChI is InChI=1S/C11H14N4O3/c1-15-4-3-7(10(15)16)14-9-6-12-8(5-13-9)11(17)18-2/h5-7H,3-4H2,1-2H3,(H,13,14). The maximum absolute atomic E-state index is 11.7. The molecule has 1 atom stereocenters. The molecule has 0 radical (unpaired) electrons. The van der Waals surface area contributed by atoms with Gasteiger partial charge in [-0.05, 0) is 6.42 Å². The number of hydrogen-bond donors (Lipinski definition) is 1. The maximum Gasteiger partial charge on any atom is 0.358 e. The fourth-order valence-electron chi connectivity index (χ4n) is 1.75. The van der Waals surface area contributed by atoms with Gasteiger partial charge in [-0.2, -0.15) is 0 Å². The maximum atomic E-state index is 11.7. The van der Waals surface area contributed by atoms with E-state index in [1.54, 1.807) is 11.9 Å². The quantitative estimate of drug-likeness (QED) is 0.754. The molecule has 1 aliphatic heterocycles. The van der Waals surface area contributed by atoms with Gasteiger partial charge in [0.05, 0.1) is 19.5 Å².